The summed E-state index contributed by atoms with van der Waals surface area (Å²) in [6, 6.07) is 15.8. The molecule has 1 fully saturated rings. The first-order valence-electron chi connectivity index (χ1n) is 9.89. The molecule has 33 heavy (non-hydrogen) atoms. The van der Waals surface area contributed by atoms with Crippen LogP contribution in [0.1, 0.15) is 16.7 Å². The van der Waals surface area contributed by atoms with Crippen LogP contribution in [0.3, 0.4) is 0 Å². The Labute approximate surface area is 197 Å². The van der Waals surface area contributed by atoms with Crippen LogP contribution in [-0.4, -0.2) is 48.0 Å². The topological polar surface area (TPSA) is 109 Å². The van der Waals surface area contributed by atoms with Gasteiger partial charge in [-0.2, -0.15) is 8.42 Å². The van der Waals surface area contributed by atoms with Crippen LogP contribution in [0.15, 0.2) is 67.0 Å². The van der Waals surface area contributed by atoms with E-state index in [0.717, 1.165) is 5.56 Å². The Morgan fingerprint density at radius 2 is 1.82 bits per heavy atom. The van der Waals surface area contributed by atoms with E-state index in [1.54, 1.807) is 49.8 Å². The molecule has 1 aromatic heterocycles. The fourth-order valence-electron chi connectivity index (χ4n) is 3.97. The van der Waals surface area contributed by atoms with Crippen LogP contribution in [0.2, 0.25) is 0 Å². The number of benzene rings is 2. The molecule has 1 amide bonds. The van der Waals surface area contributed by atoms with Crippen molar-refractivity contribution >= 4 is 33.4 Å². The standard InChI is InChI=1S/C23H21N3O5S2/c1-26-21(27)23(25-22(26)32,18-6-8-24-9-7-18)19-5-3-4-16(12-19)17-10-15(14-33(28,29)30)11-20(13-17)31-2/h3-13H,14H2,1-2H3,(H,25,32)(H,28,29,30). The van der Waals surface area contributed by atoms with Gasteiger partial charge in [-0.15, -0.1) is 0 Å². The van der Waals surface area contributed by atoms with E-state index in [4.69, 9.17) is 17.0 Å². The van der Waals surface area contributed by atoms with E-state index < -0.39 is 21.4 Å². The third-order valence-corrected chi connectivity index (χ3v) is 6.59. The van der Waals surface area contributed by atoms with Crippen molar-refractivity contribution < 1.29 is 22.5 Å². The molecule has 0 radical (unpaired) electrons. The van der Waals surface area contributed by atoms with E-state index in [-0.39, 0.29) is 5.91 Å². The number of amides is 1. The smallest absolute Gasteiger partial charge is 0.269 e. The predicted octanol–water partition coefficient (Wildman–Crippen LogP) is 2.74. The van der Waals surface area contributed by atoms with Crippen molar-refractivity contribution in [3.05, 3.63) is 83.7 Å². The first kappa shape index (κ1) is 22.8. The summed E-state index contributed by atoms with van der Waals surface area (Å²) in [5, 5.41) is 3.49. The third kappa shape index (κ3) is 4.32. The highest BCUT2D eigenvalue weighted by molar-refractivity contribution is 7.85. The molecule has 0 aliphatic carbocycles. The van der Waals surface area contributed by atoms with E-state index in [1.807, 2.05) is 24.3 Å². The lowest BCUT2D eigenvalue weighted by atomic mass is 9.82. The largest absolute Gasteiger partial charge is 0.497 e. The van der Waals surface area contributed by atoms with E-state index in [9.17, 15) is 17.8 Å². The highest BCUT2D eigenvalue weighted by Crippen LogP contribution is 2.37. The summed E-state index contributed by atoms with van der Waals surface area (Å²) >= 11 is 5.38. The molecule has 170 valence electrons. The second kappa shape index (κ2) is 8.54. The summed E-state index contributed by atoms with van der Waals surface area (Å²) in [5.74, 6) is -0.332. The molecule has 1 aliphatic rings. The Bertz CT molecular complexity index is 1350. The fourth-order valence-corrected chi connectivity index (χ4v) is 4.80. The number of carbonyl (C=O) groups is 1. The minimum atomic E-state index is -4.22. The molecule has 2 N–H and O–H groups in total. The molecule has 1 atom stereocenters. The molecule has 3 aromatic rings. The SMILES string of the molecule is COc1cc(CS(=O)(=O)O)cc(-c2cccc(C3(c4ccncc4)NC(=S)N(C)C3=O)c2)c1. The van der Waals surface area contributed by atoms with Gasteiger partial charge in [-0.3, -0.25) is 19.2 Å². The summed E-state index contributed by atoms with van der Waals surface area (Å²) in [5.41, 5.74) is 1.87. The van der Waals surface area contributed by atoms with Gasteiger partial charge in [0, 0.05) is 19.4 Å². The Morgan fingerprint density at radius 3 is 2.42 bits per heavy atom. The lowest BCUT2D eigenvalue weighted by Gasteiger charge is -2.28. The maximum atomic E-state index is 13.4. The number of methoxy groups -OCH3 is 1. The number of thiocarbonyl (C=S) groups is 1. The Balaban J connectivity index is 1.88. The molecule has 1 saturated heterocycles. The number of hydrogen-bond acceptors (Lipinski definition) is 6. The monoisotopic (exact) mass is 483 g/mol. The molecule has 2 aromatic carbocycles. The molecular formula is C23H21N3O5S2. The lowest BCUT2D eigenvalue weighted by Crippen LogP contribution is -2.45. The van der Waals surface area contributed by atoms with E-state index >= 15 is 0 Å². The minimum absolute atomic E-state index is 0.228. The second-order valence-corrected chi connectivity index (χ2v) is 9.50. The molecule has 0 saturated carbocycles. The quantitative estimate of drug-likeness (QED) is 0.407. The number of carbonyl (C=O) groups excluding carboxylic acids is 1. The summed E-state index contributed by atoms with van der Waals surface area (Å²) in [7, 11) is -1.13. The van der Waals surface area contributed by atoms with Crippen LogP contribution in [0.4, 0.5) is 0 Å². The second-order valence-electron chi connectivity index (χ2n) is 7.66. The van der Waals surface area contributed by atoms with Crippen LogP contribution in [0, 0.1) is 0 Å². The Kier molecular flexibility index (Phi) is 5.91. The van der Waals surface area contributed by atoms with Crippen molar-refractivity contribution in [3.63, 3.8) is 0 Å². The van der Waals surface area contributed by atoms with Crippen molar-refractivity contribution in [1.82, 2.24) is 15.2 Å². The van der Waals surface area contributed by atoms with Crippen LogP contribution in [-0.2, 0) is 26.2 Å². The summed E-state index contributed by atoms with van der Waals surface area (Å²) in [6.45, 7) is 0. The molecule has 2 heterocycles. The molecule has 8 nitrogen and oxygen atoms in total. The number of nitrogens with zero attached hydrogens (tertiary/aromatic N) is 2. The number of pyridine rings is 1. The van der Waals surface area contributed by atoms with E-state index in [1.165, 1.54) is 12.0 Å². The summed E-state index contributed by atoms with van der Waals surface area (Å²) in [6.07, 6.45) is 3.22. The van der Waals surface area contributed by atoms with Gasteiger partial charge in [0.2, 0.25) is 0 Å². The number of hydrogen-bond donors (Lipinski definition) is 2. The Morgan fingerprint density at radius 1 is 1.09 bits per heavy atom. The van der Waals surface area contributed by atoms with Gasteiger partial charge in [-0.25, -0.2) is 0 Å². The highest BCUT2D eigenvalue weighted by Gasteiger charge is 2.50. The maximum Gasteiger partial charge on any atom is 0.269 e. The van der Waals surface area contributed by atoms with Gasteiger partial charge >= 0.3 is 0 Å². The van der Waals surface area contributed by atoms with Crippen LogP contribution in [0.25, 0.3) is 11.1 Å². The maximum absolute atomic E-state index is 13.4. The van der Waals surface area contributed by atoms with Gasteiger partial charge < -0.3 is 10.1 Å². The first-order chi connectivity index (χ1) is 15.6. The Hall–Kier alpha value is -3.34. The first-order valence-corrected chi connectivity index (χ1v) is 11.9. The van der Waals surface area contributed by atoms with Crippen molar-refractivity contribution in [2.45, 2.75) is 11.3 Å². The zero-order valence-electron chi connectivity index (χ0n) is 17.8. The predicted molar refractivity (Wildman–Crippen MR) is 127 cm³/mol. The number of aromatic nitrogens is 1. The van der Waals surface area contributed by atoms with Crippen molar-refractivity contribution in [2.75, 3.05) is 14.2 Å². The number of ether oxygens (including phenoxy) is 1. The van der Waals surface area contributed by atoms with E-state index in [0.29, 0.717) is 33.1 Å². The van der Waals surface area contributed by atoms with Gasteiger partial charge in [0.15, 0.2) is 10.7 Å². The molecule has 1 aliphatic heterocycles. The third-order valence-electron chi connectivity index (χ3n) is 5.52. The molecule has 0 spiro atoms. The van der Waals surface area contributed by atoms with Gasteiger partial charge in [-0.05, 0) is 76.4 Å². The normalized spacial score (nSPS) is 18.3. The summed E-state index contributed by atoms with van der Waals surface area (Å²) < 4.78 is 37.4. The summed E-state index contributed by atoms with van der Waals surface area (Å²) in [4.78, 5) is 18.9. The van der Waals surface area contributed by atoms with Crippen LogP contribution >= 0.6 is 12.2 Å². The van der Waals surface area contributed by atoms with E-state index in [2.05, 4.69) is 10.3 Å². The molecule has 1 unspecified atom stereocenters. The van der Waals surface area contributed by atoms with Crippen molar-refractivity contribution in [1.29, 1.82) is 0 Å². The van der Waals surface area contributed by atoms with Crippen molar-refractivity contribution in [2.24, 2.45) is 0 Å². The van der Waals surface area contributed by atoms with Gasteiger partial charge in [0.1, 0.15) is 11.5 Å². The lowest BCUT2D eigenvalue weighted by molar-refractivity contribution is -0.129. The minimum Gasteiger partial charge on any atom is -0.497 e. The molecule has 4 rings (SSSR count). The van der Waals surface area contributed by atoms with Gasteiger partial charge in [0.05, 0.1) is 7.11 Å². The molecule has 10 heteroatoms. The zero-order valence-corrected chi connectivity index (χ0v) is 19.5. The number of rotatable bonds is 6. The zero-order chi connectivity index (χ0) is 23.8. The average molecular weight is 484 g/mol. The van der Waals surface area contributed by atoms with Crippen molar-refractivity contribution in [3.8, 4) is 16.9 Å². The van der Waals surface area contributed by atoms with Crippen LogP contribution in [0.5, 0.6) is 5.75 Å². The van der Waals surface area contributed by atoms with Gasteiger partial charge in [-0.1, -0.05) is 18.2 Å². The number of likely N-dealkylation sites (N-methyl/N-ethyl adjacent to an activating group) is 1. The highest BCUT2D eigenvalue weighted by atomic mass is 32.2. The fraction of sp³-hybridized carbons (Fsp3) is 0.174. The molecule has 0 bridgehead atoms. The average Bonchev–Trinajstić information content (AvgIpc) is 3.03. The molecular weight excluding hydrogens is 462 g/mol. The van der Waals surface area contributed by atoms with Crippen LogP contribution < -0.4 is 10.1 Å². The number of nitrogens with one attached hydrogen (secondary N) is 1. The van der Waals surface area contributed by atoms with Gasteiger partial charge in [0.25, 0.3) is 16.0 Å².